The van der Waals surface area contributed by atoms with Gasteiger partial charge in [-0.1, -0.05) is 36.4 Å². The van der Waals surface area contributed by atoms with Gasteiger partial charge in [0.05, 0.1) is 32.3 Å². The lowest BCUT2D eigenvalue weighted by molar-refractivity contribution is -0.914. The third-order valence-electron chi connectivity index (χ3n) is 5.73. The van der Waals surface area contributed by atoms with Crippen LogP contribution in [0.25, 0.3) is 0 Å². The number of ether oxygens (including phenoxy) is 1. The molecule has 2 N–H and O–H groups in total. The van der Waals surface area contributed by atoms with Crippen LogP contribution in [0.2, 0.25) is 0 Å². The van der Waals surface area contributed by atoms with Crippen molar-refractivity contribution in [3.63, 3.8) is 0 Å². The van der Waals surface area contributed by atoms with E-state index in [0.717, 1.165) is 38.4 Å². The summed E-state index contributed by atoms with van der Waals surface area (Å²) >= 11 is 0. The van der Waals surface area contributed by atoms with Crippen molar-refractivity contribution >= 4 is 17.3 Å². The summed E-state index contributed by atoms with van der Waals surface area (Å²) in [5, 5.41) is 2.99. The van der Waals surface area contributed by atoms with Gasteiger partial charge in [-0.15, -0.1) is 0 Å². The van der Waals surface area contributed by atoms with Crippen molar-refractivity contribution in [2.75, 3.05) is 36.4 Å². The highest BCUT2D eigenvalue weighted by Gasteiger charge is 2.20. The highest BCUT2D eigenvalue weighted by molar-refractivity contribution is 6.04. The molecule has 4 rings (SSSR count). The van der Waals surface area contributed by atoms with Crippen molar-refractivity contribution in [2.45, 2.75) is 26.5 Å². The number of hydrogen-bond acceptors (Lipinski definition) is 3. The van der Waals surface area contributed by atoms with Crippen molar-refractivity contribution in [3.8, 4) is 5.75 Å². The van der Waals surface area contributed by atoms with E-state index in [1.165, 1.54) is 11.3 Å². The molecule has 5 heteroatoms. The van der Waals surface area contributed by atoms with E-state index in [9.17, 15) is 4.79 Å². The molecule has 0 radical (unpaired) electrons. The first kappa shape index (κ1) is 21.9. The van der Waals surface area contributed by atoms with Gasteiger partial charge in [-0.2, -0.15) is 0 Å². The molecule has 0 aromatic heterocycles. The monoisotopic (exact) mass is 430 g/mol. The number of quaternary nitrogens is 1. The van der Waals surface area contributed by atoms with Crippen LogP contribution >= 0.6 is 0 Å². The number of rotatable bonds is 7. The van der Waals surface area contributed by atoms with E-state index in [1.807, 2.05) is 38.1 Å². The van der Waals surface area contributed by atoms with E-state index < -0.39 is 0 Å². The molecule has 1 heterocycles. The Morgan fingerprint density at radius 3 is 2.38 bits per heavy atom. The van der Waals surface area contributed by atoms with E-state index in [2.05, 4.69) is 52.7 Å². The third-order valence-corrected chi connectivity index (χ3v) is 5.73. The van der Waals surface area contributed by atoms with E-state index in [4.69, 9.17) is 4.74 Å². The van der Waals surface area contributed by atoms with Gasteiger partial charge in [0, 0.05) is 22.5 Å². The van der Waals surface area contributed by atoms with Crippen molar-refractivity contribution in [1.29, 1.82) is 0 Å². The highest BCUT2D eigenvalue weighted by Crippen LogP contribution is 2.20. The van der Waals surface area contributed by atoms with Crippen molar-refractivity contribution < 1.29 is 14.4 Å². The molecule has 32 heavy (non-hydrogen) atoms. The molecule has 5 nitrogen and oxygen atoms in total. The zero-order chi connectivity index (χ0) is 22.3. The molecule has 1 aliphatic heterocycles. The predicted molar refractivity (Wildman–Crippen MR) is 130 cm³/mol. The topological polar surface area (TPSA) is 46.0 Å². The quantitative estimate of drug-likeness (QED) is 0.602. The smallest absolute Gasteiger partial charge is 0.255 e. The van der Waals surface area contributed by atoms with Crippen LogP contribution in [0.15, 0.2) is 78.9 Å². The Morgan fingerprint density at radius 2 is 1.69 bits per heavy atom. The number of nitrogens with zero attached hydrogens (tertiary/aromatic N) is 1. The maximum absolute atomic E-state index is 12.6. The van der Waals surface area contributed by atoms with E-state index in [-0.39, 0.29) is 12.0 Å². The minimum absolute atomic E-state index is 0.0719. The summed E-state index contributed by atoms with van der Waals surface area (Å²) in [5.74, 6) is 0.571. The summed E-state index contributed by atoms with van der Waals surface area (Å²) in [6.07, 6.45) is 0.0719. The van der Waals surface area contributed by atoms with Gasteiger partial charge >= 0.3 is 0 Å². The fourth-order valence-corrected chi connectivity index (χ4v) is 4.08. The molecule has 0 spiro atoms. The predicted octanol–water partition coefficient (Wildman–Crippen LogP) is 3.63. The highest BCUT2D eigenvalue weighted by atomic mass is 16.5. The van der Waals surface area contributed by atoms with Crippen LogP contribution in [0, 0.1) is 0 Å². The lowest BCUT2D eigenvalue weighted by atomic mass is 10.1. The summed E-state index contributed by atoms with van der Waals surface area (Å²) in [7, 11) is 0. The molecule has 3 aromatic carbocycles. The van der Waals surface area contributed by atoms with Crippen LogP contribution in [0.5, 0.6) is 5.75 Å². The van der Waals surface area contributed by atoms with Crippen molar-refractivity contribution in [1.82, 2.24) is 0 Å². The number of piperazine rings is 1. The first-order valence-electron chi connectivity index (χ1n) is 11.4. The summed E-state index contributed by atoms with van der Waals surface area (Å²) in [5.41, 5.74) is 3.98. The minimum Gasteiger partial charge on any atom is -0.491 e. The van der Waals surface area contributed by atoms with Crippen LogP contribution in [0.3, 0.4) is 0 Å². The number of amides is 1. The van der Waals surface area contributed by atoms with Gasteiger partial charge in [-0.25, -0.2) is 0 Å². The second-order valence-corrected chi connectivity index (χ2v) is 8.59. The second-order valence-electron chi connectivity index (χ2n) is 8.59. The number of carbonyl (C=O) groups excluding carboxylic acids is 1. The van der Waals surface area contributed by atoms with E-state index in [1.54, 1.807) is 17.0 Å². The summed E-state index contributed by atoms with van der Waals surface area (Å²) in [6, 6.07) is 26.1. The van der Waals surface area contributed by atoms with Gasteiger partial charge in [-0.3, -0.25) is 4.79 Å². The molecule has 0 atom stereocenters. The van der Waals surface area contributed by atoms with Gasteiger partial charge < -0.3 is 19.9 Å². The van der Waals surface area contributed by atoms with Crippen LogP contribution < -0.4 is 19.9 Å². The zero-order valence-electron chi connectivity index (χ0n) is 18.9. The fourth-order valence-electron chi connectivity index (χ4n) is 4.08. The maximum Gasteiger partial charge on any atom is 0.255 e. The Morgan fingerprint density at radius 1 is 0.969 bits per heavy atom. The normalized spacial score (nSPS) is 14.4. The fraction of sp³-hybridized carbons (Fsp3) is 0.296. The van der Waals surface area contributed by atoms with Crippen molar-refractivity contribution in [2.24, 2.45) is 0 Å². The summed E-state index contributed by atoms with van der Waals surface area (Å²) < 4.78 is 5.69. The van der Waals surface area contributed by atoms with E-state index >= 15 is 0 Å². The molecule has 0 unspecified atom stereocenters. The molecule has 1 amide bonds. The van der Waals surface area contributed by atoms with Gasteiger partial charge in [0.25, 0.3) is 5.91 Å². The second kappa shape index (κ2) is 10.3. The van der Waals surface area contributed by atoms with Crippen LogP contribution in [0.4, 0.5) is 11.4 Å². The Kier molecular flexibility index (Phi) is 7.07. The standard InChI is InChI=1S/C27H31N3O2/c1-21(2)32-26-10-6-9-23(19-26)27(31)28-24-11-13-25(14-12-24)30-17-15-29(16-18-30)20-22-7-4-3-5-8-22/h3-14,19,21H,15-18,20H2,1-2H3,(H,28,31)/p+1. The Bertz CT molecular complexity index is 1010. The summed E-state index contributed by atoms with van der Waals surface area (Å²) in [6.45, 7) is 9.36. The largest absolute Gasteiger partial charge is 0.491 e. The molecule has 0 saturated carbocycles. The number of benzene rings is 3. The van der Waals surface area contributed by atoms with Crippen LogP contribution in [-0.4, -0.2) is 38.2 Å². The Balaban J connectivity index is 1.30. The third kappa shape index (κ3) is 5.89. The van der Waals surface area contributed by atoms with Gasteiger partial charge in [-0.05, 0) is 56.3 Å². The van der Waals surface area contributed by atoms with Crippen LogP contribution in [0.1, 0.15) is 29.8 Å². The Labute approximate surface area is 190 Å². The molecular weight excluding hydrogens is 398 g/mol. The minimum atomic E-state index is -0.134. The van der Waals surface area contributed by atoms with Gasteiger partial charge in [0.15, 0.2) is 0 Å². The van der Waals surface area contributed by atoms with Crippen LogP contribution in [-0.2, 0) is 6.54 Å². The van der Waals surface area contributed by atoms with Gasteiger partial charge in [0.1, 0.15) is 12.3 Å². The average molecular weight is 431 g/mol. The molecule has 0 aliphatic carbocycles. The SMILES string of the molecule is CC(C)Oc1cccc(C(=O)Nc2ccc(N3CC[NH+](Cc4ccccc4)CC3)cc2)c1. The van der Waals surface area contributed by atoms with Gasteiger partial charge in [0.2, 0.25) is 0 Å². The lowest BCUT2D eigenvalue weighted by Gasteiger charge is -2.33. The summed E-state index contributed by atoms with van der Waals surface area (Å²) in [4.78, 5) is 16.7. The molecule has 166 valence electrons. The molecule has 0 bridgehead atoms. The maximum atomic E-state index is 12.6. The molecule has 1 fully saturated rings. The Hall–Kier alpha value is -3.31. The molecule has 1 aliphatic rings. The first-order valence-corrected chi connectivity index (χ1v) is 11.4. The average Bonchev–Trinajstić information content (AvgIpc) is 2.81. The van der Waals surface area contributed by atoms with E-state index in [0.29, 0.717) is 11.3 Å². The zero-order valence-corrected chi connectivity index (χ0v) is 18.9. The number of carbonyl (C=O) groups is 1. The molecule has 1 saturated heterocycles. The lowest BCUT2D eigenvalue weighted by Crippen LogP contribution is -3.13. The molecular formula is C27H32N3O2+. The molecule has 3 aromatic rings. The number of hydrogen-bond donors (Lipinski definition) is 2. The van der Waals surface area contributed by atoms with Crippen molar-refractivity contribution in [3.05, 3.63) is 90.0 Å². The number of anilines is 2. The number of nitrogens with one attached hydrogen (secondary N) is 2. The first-order chi connectivity index (χ1) is 15.6.